The quantitative estimate of drug-likeness (QED) is 0.577. The molecule has 0 N–H and O–H groups in total. The Morgan fingerprint density at radius 3 is 1.07 bits per heavy atom. The summed E-state index contributed by atoms with van der Waals surface area (Å²) in [6.07, 6.45) is 8.74. The Balaban J connectivity index is 4.41. The van der Waals surface area contributed by atoms with Crippen LogP contribution in [0.5, 0.6) is 0 Å². The van der Waals surface area contributed by atoms with Crippen LogP contribution in [0.1, 0.15) is 41.5 Å². The van der Waals surface area contributed by atoms with Crippen molar-refractivity contribution in [1.29, 1.82) is 0 Å². The summed E-state index contributed by atoms with van der Waals surface area (Å²) in [5.41, 5.74) is 0. The van der Waals surface area contributed by atoms with Gasteiger partial charge in [0.15, 0.2) is 0 Å². The van der Waals surface area contributed by atoms with Crippen molar-refractivity contribution >= 4 is 13.2 Å². The van der Waals surface area contributed by atoms with Crippen LogP contribution in [0, 0.1) is 17.8 Å². The Hall–Kier alpha value is 0.300. The molecule has 0 atom stereocenters. The van der Waals surface area contributed by atoms with Gasteiger partial charge in [-0.3, -0.25) is 0 Å². The second kappa shape index (κ2) is 6.01. The lowest BCUT2D eigenvalue weighted by Gasteiger charge is -2.30. The van der Waals surface area contributed by atoms with E-state index in [1.54, 1.807) is 0 Å². The molecule has 1 heteroatoms. The molecular formula is C13H29P. The second-order valence-corrected chi connectivity index (χ2v) is 9.85. The van der Waals surface area contributed by atoms with Gasteiger partial charge in [0.1, 0.15) is 0 Å². The smallest absolute Gasteiger partial charge is 0.0309 e. The fourth-order valence-corrected chi connectivity index (χ4v) is 7.64. The highest BCUT2D eigenvalue weighted by Crippen LogP contribution is 2.49. The van der Waals surface area contributed by atoms with Crippen LogP contribution >= 0.6 is 6.89 Å². The lowest BCUT2D eigenvalue weighted by molar-refractivity contribution is 0.693. The Kier molecular flexibility index (Phi) is 6.14. The van der Waals surface area contributed by atoms with Crippen molar-refractivity contribution in [3.8, 4) is 0 Å². The predicted octanol–water partition coefficient (Wildman–Crippen LogP) is 4.40. The van der Waals surface area contributed by atoms with Gasteiger partial charge >= 0.3 is 0 Å². The van der Waals surface area contributed by atoms with Gasteiger partial charge in [-0.05, 0) is 36.2 Å². The molecule has 86 valence electrons. The minimum Gasteiger partial charge on any atom is -0.111 e. The van der Waals surface area contributed by atoms with Crippen LogP contribution in [-0.4, -0.2) is 24.8 Å². The molecule has 0 nitrogen and oxygen atoms in total. The summed E-state index contributed by atoms with van der Waals surface area (Å²) in [6.45, 7) is 13.1. The minimum absolute atomic E-state index is 0.818. The van der Waals surface area contributed by atoms with E-state index in [2.05, 4.69) is 47.8 Å². The maximum Gasteiger partial charge on any atom is -0.0309 e. The first-order chi connectivity index (χ1) is 6.25. The summed E-state index contributed by atoms with van der Waals surface area (Å²) in [4.78, 5) is 0. The van der Waals surface area contributed by atoms with E-state index in [0.717, 1.165) is 17.8 Å². The molecule has 0 amide bonds. The van der Waals surface area contributed by atoms with Gasteiger partial charge in [0, 0.05) is 0 Å². The molecule has 0 saturated carbocycles. The van der Waals surface area contributed by atoms with E-state index in [9.17, 15) is 0 Å². The number of rotatable bonds is 6. The van der Waals surface area contributed by atoms with E-state index >= 15 is 0 Å². The Morgan fingerprint density at radius 2 is 0.929 bits per heavy atom. The Labute approximate surface area is 91.5 Å². The van der Waals surface area contributed by atoms with Gasteiger partial charge in [0.05, 0.1) is 0 Å². The van der Waals surface area contributed by atoms with Crippen molar-refractivity contribution in [2.45, 2.75) is 41.5 Å². The fourth-order valence-electron chi connectivity index (χ4n) is 2.55. The van der Waals surface area contributed by atoms with Crippen molar-refractivity contribution in [1.82, 2.24) is 0 Å². The van der Waals surface area contributed by atoms with E-state index in [4.69, 9.17) is 0 Å². The molecule has 0 heterocycles. The summed E-state index contributed by atoms with van der Waals surface area (Å²) in [6, 6.07) is 0. The summed E-state index contributed by atoms with van der Waals surface area (Å²) in [5, 5.41) is 0. The average molecular weight is 216 g/mol. The van der Waals surface area contributed by atoms with E-state index in [-0.39, 0.29) is 0 Å². The third-order valence-corrected chi connectivity index (χ3v) is 6.77. The SMILES string of the molecule is C=P(CC(C)C)(CC(C)C)CC(C)C. The first kappa shape index (κ1) is 14.3. The van der Waals surface area contributed by atoms with Crippen LogP contribution < -0.4 is 0 Å². The molecule has 0 aliphatic rings. The molecule has 0 aliphatic carbocycles. The topological polar surface area (TPSA) is 0 Å². The van der Waals surface area contributed by atoms with E-state index in [1.165, 1.54) is 18.5 Å². The molecule has 0 rings (SSSR count). The molecule has 14 heavy (non-hydrogen) atoms. The van der Waals surface area contributed by atoms with Crippen LogP contribution in [0.4, 0.5) is 0 Å². The van der Waals surface area contributed by atoms with Crippen molar-refractivity contribution in [3.63, 3.8) is 0 Å². The summed E-state index contributed by atoms with van der Waals surface area (Å²) < 4.78 is 0. The molecule has 0 unspecified atom stereocenters. The largest absolute Gasteiger partial charge is 0.111 e. The van der Waals surface area contributed by atoms with Crippen molar-refractivity contribution in [2.75, 3.05) is 18.5 Å². The molecule has 0 aromatic rings. The standard InChI is InChI=1S/C13H29P/c1-11(2)8-14(7,9-12(3)4)10-13(5)6/h11-13H,7-10H2,1-6H3. The Bertz CT molecular complexity index is 156. The zero-order valence-corrected chi connectivity index (χ0v) is 11.9. The molecular weight excluding hydrogens is 187 g/mol. The lowest BCUT2D eigenvalue weighted by atomic mass is 10.3. The zero-order valence-electron chi connectivity index (χ0n) is 11.0. The first-order valence-electron chi connectivity index (χ1n) is 5.95. The third-order valence-electron chi connectivity index (χ3n) is 2.26. The molecule has 0 aromatic heterocycles. The third kappa shape index (κ3) is 6.71. The Morgan fingerprint density at radius 1 is 0.714 bits per heavy atom. The van der Waals surface area contributed by atoms with Gasteiger partial charge in [-0.1, -0.05) is 41.5 Å². The number of hydrogen-bond acceptors (Lipinski definition) is 0. The summed E-state index contributed by atoms with van der Waals surface area (Å²) >= 11 is 0. The fraction of sp³-hybridized carbons (Fsp3) is 0.923. The minimum atomic E-state index is -0.888. The summed E-state index contributed by atoms with van der Waals surface area (Å²) in [5.74, 6) is 2.45. The van der Waals surface area contributed by atoms with E-state index < -0.39 is 6.89 Å². The second-order valence-electron chi connectivity index (χ2n) is 6.07. The summed E-state index contributed by atoms with van der Waals surface area (Å²) in [7, 11) is 0. The molecule has 0 radical (unpaired) electrons. The van der Waals surface area contributed by atoms with Crippen LogP contribution in [0.15, 0.2) is 0 Å². The van der Waals surface area contributed by atoms with Gasteiger partial charge in [-0.15, -0.1) is 13.2 Å². The highest BCUT2D eigenvalue weighted by molar-refractivity contribution is 7.73. The highest BCUT2D eigenvalue weighted by atomic mass is 31.2. The molecule has 0 saturated heterocycles. The van der Waals surface area contributed by atoms with Gasteiger partial charge in [0.2, 0.25) is 0 Å². The van der Waals surface area contributed by atoms with Crippen molar-refractivity contribution in [2.24, 2.45) is 17.8 Å². The maximum absolute atomic E-state index is 4.60. The maximum atomic E-state index is 4.60. The average Bonchev–Trinajstić information content (AvgIpc) is 1.76. The molecule has 0 aliphatic heterocycles. The van der Waals surface area contributed by atoms with Crippen LogP contribution in [0.25, 0.3) is 0 Å². The molecule has 0 aromatic carbocycles. The zero-order chi connectivity index (χ0) is 11.4. The molecule has 0 fully saturated rings. The normalized spacial score (nSPS) is 13.2. The lowest BCUT2D eigenvalue weighted by Crippen LogP contribution is -2.12. The molecule has 0 spiro atoms. The van der Waals surface area contributed by atoms with Crippen molar-refractivity contribution < 1.29 is 0 Å². The van der Waals surface area contributed by atoms with Gasteiger partial charge < -0.3 is 0 Å². The van der Waals surface area contributed by atoms with Gasteiger partial charge in [-0.2, -0.15) is 0 Å². The van der Waals surface area contributed by atoms with Gasteiger partial charge in [0.25, 0.3) is 0 Å². The highest BCUT2D eigenvalue weighted by Gasteiger charge is 2.18. The van der Waals surface area contributed by atoms with Crippen LogP contribution in [0.3, 0.4) is 0 Å². The van der Waals surface area contributed by atoms with E-state index in [1.807, 2.05) is 0 Å². The predicted molar refractivity (Wildman–Crippen MR) is 73.2 cm³/mol. The van der Waals surface area contributed by atoms with Crippen LogP contribution in [0.2, 0.25) is 0 Å². The van der Waals surface area contributed by atoms with Crippen molar-refractivity contribution in [3.05, 3.63) is 0 Å². The number of hydrogen-bond donors (Lipinski definition) is 0. The van der Waals surface area contributed by atoms with Crippen LogP contribution in [-0.2, 0) is 0 Å². The molecule has 0 bridgehead atoms. The first-order valence-corrected chi connectivity index (χ1v) is 8.48. The monoisotopic (exact) mass is 216 g/mol. The van der Waals surface area contributed by atoms with Gasteiger partial charge in [-0.25, -0.2) is 0 Å². The van der Waals surface area contributed by atoms with E-state index in [0.29, 0.717) is 0 Å².